The van der Waals surface area contributed by atoms with E-state index in [1.54, 1.807) is 12.1 Å². The van der Waals surface area contributed by atoms with Gasteiger partial charge in [0.15, 0.2) is 4.34 Å². The Hall–Kier alpha value is -1.93. The summed E-state index contributed by atoms with van der Waals surface area (Å²) < 4.78 is 0.506. The van der Waals surface area contributed by atoms with Crippen molar-refractivity contribution in [1.29, 1.82) is 0 Å². The summed E-state index contributed by atoms with van der Waals surface area (Å²) >= 11 is 2.21. The topological polar surface area (TPSA) is 92.2 Å². The standard InChI is InChI=1S/C12H11N3O3S2/c1-7-2-4-8(5-3-7)10(18)13-11-14-15-12(20-11)19-6-9(16)17/h2-5H,6H2,1H3,(H,16,17)(H,13,14,18). The zero-order valence-corrected chi connectivity index (χ0v) is 12.1. The fraction of sp³-hybridized carbons (Fsp3) is 0.167. The molecule has 0 aliphatic carbocycles. The molecule has 1 aromatic carbocycles. The van der Waals surface area contributed by atoms with Gasteiger partial charge < -0.3 is 5.11 Å². The number of hydrogen-bond donors (Lipinski definition) is 2. The minimum Gasteiger partial charge on any atom is -0.481 e. The van der Waals surface area contributed by atoms with Crippen molar-refractivity contribution in [1.82, 2.24) is 10.2 Å². The number of nitrogens with one attached hydrogen (secondary N) is 1. The van der Waals surface area contributed by atoms with E-state index in [9.17, 15) is 9.59 Å². The van der Waals surface area contributed by atoms with Gasteiger partial charge in [-0.05, 0) is 19.1 Å². The maximum absolute atomic E-state index is 11.9. The van der Waals surface area contributed by atoms with Crippen LogP contribution in [0.25, 0.3) is 0 Å². The number of carboxylic acids is 1. The molecule has 2 N–H and O–H groups in total. The normalized spacial score (nSPS) is 10.2. The molecule has 1 amide bonds. The minimum atomic E-state index is -0.921. The lowest BCUT2D eigenvalue weighted by Crippen LogP contribution is -2.11. The molecule has 0 bridgehead atoms. The number of rotatable bonds is 5. The van der Waals surface area contributed by atoms with Gasteiger partial charge in [-0.2, -0.15) is 0 Å². The molecule has 8 heteroatoms. The molecule has 0 spiro atoms. The van der Waals surface area contributed by atoms with Crippen LogP contribution < -0.4 is 5.32 Å². The quantitative estimate of drug-likeness (QED) is 0.650. The molecule has 0 aliphatic heterocycles. The smallest absolute Gasteiger partial charge is 0.313 e. The van der Waals surface area contributed by atoms with E-state index in [1.807, 2.05) is 19.1 Å². The van der Waals surface area contributed by atoms with Crippen LogP contribution in [0.5, 0.6) is 0 Å². The second-order valence-electron chi connectivity index (χ2n) is 3.88. The molecule has 0 atom stereocenters. The van der Waals surface area contributed by atoms with Crippen LogP contribution in [-0.4, -0.2) is 32.9 Å². The van der Waals surface area contributed by atoms with Crippen LogP contribution in [-0.2, 0) is 4.79 Å². The van der Waals surface area contributed by atoms with E-state index in [-0.39, 0.29) is 11.7 Å². The lowest BCUT2D eigenvalue weighted by molar-refractivity contribution is -0.133. The highest BCUT2D eigenvalue weighted by Crippen LogP contribution is 2.25. The lowest BCUT2D eigenvalue weighted by Gasteiger charge is -2.01. The zero-order valence-electron chi connectivity index (χ0n) is 10.5. The SMILES string of the molecule is Cc1ccc(C(=O)Nc2nnc(SCC(=O)O)s2)cc1. The van der Waals surface area contributed by atoms with Gasteiger partial charge in [0.25, 0.3) is 5.91 Å². The van der Waals surface area contributed by atoms with Crippen molar-refractivity contribution < 1.29 is 14.7 Å². The average Bonchev–Trinajstić information content (AvgIpc) is 2.84. The van der Waals surface area contributed by atoms with Crippen LogP contribution in [0, 0.1) is 6.92 Å². The third-order valence-electron chi connectivity index (χ3n) is 2.26. The minimum absolute atomic E-state index is 0.0828. The Kier molecular flexibility index (Phi) is 4.70. The molecule has 2 aromatic rings. The van der Waals surface area contributed by atoms with Crippen molar-refractivity contribution >= 4 is 40.1 Å². The van der Waals surface area contributed by atoms with Crippen molar-refractivity contribution in [3.8, 4) is 0 Å². The Balaban J connectivity index is 1.97. The number of hydrogen-bond acceptors (Lipinski definition) is 6. The number of thioether (sulfide) groups is 1. The number of carboxylic acid groups (broad SMARTS) is 1. The van der Waals surface area contributed by atoms with Crippen LogP contribution in [0.3, 0.4) is 0 Å². The highest BCUT2D eigenvalue weighted by atomic mass is 32.2. The summed E-state index contributed by atoms with van der Waals surface area (Å²) in [5.41, 5.74) is 1.61. The highest BCUT2D eigenvalue weighted by molar-refractivity contribution is 8.01. The predicted molar refractivity (Wildman–Crippen MR) is 77.4 cm³/mol. The first-order chi connectivity index (χ1) is 9.54. The number of carbonyl (C=O) groups is 2. The van der Waals surface area contributed by atoms with E-state index in [1.165, 1.54) is 0 Å². The first-order valence-corrected chi connectivity index (χ1v) is 7.41. The van der Waals surface area contributed by atoms with Gasteiger partial charge in [-0.15, -0.1) is 10.2 Å². The monoisotopic (exact) mass is 309 g/mol. The number of aryl methyl sites for hydroxylation is 1. The molecule has 0 aliphatic rings. The van der Waals surface area contributed by atoms with E-state index < -0.39 is 5.97 Å². The summed E-state index contributed by atoms with van der Waals surface area (Å²) in [6.45, 7) is 1.94. The molecular formula is C12H11N3O3S2. The van der Waals surface area contributed by atoms with Crippen molar-refractivity contribution in [3.63, 3.8) is 0 Å². The number of anilines is 1. The molecule has 0 saturated heterocycles. The Morgan fingerprint density at radius 2 is 2.00 bits per heavy atom. The molecule has 0 unspecified atom stereocenters. The van der Waals surface area contributed by atoms with Crippen molar-refractivity contribution in [2.45, 2.75) is 11.3 Å². The van der Waals surface area contributed by atoms with E-state index >= 15 is 0 Å². The van der Waals surface area contributed by atoms with Gasteiger partial charge in [0.2, 0.25) is 5.13 Å². The van der Waals surface area contributed by atoms with Crippen LogP contribution in [0.2, 0.25) is 0 Å². The summed E-state index contributed by atoms with van der Waals surface area (Å²) in [6, 6.07) is 7.16. The Bertz CT molecular complexity index is 625. The van der Waals surface area contributed by atoms with Crippen LogP contribution in [0.15, 0.2) is 28.6 Å². The summed E-state index contributed by atoms with van der Waals surface area (Å²) in [5.74, 6) is -1.27. The number of aromatic nitrogens is 2. The van der Waals surface area contributed by atoms with Gasteiger partial charge in [-0.3, -0.25) is 14.9 Å². The highest BCUT2D eigenvalue weighted by Gasteiger charge is 2.11. The van der Waals surface area contributed by atoms with Gasteiger partial charge in [0.05, 0.1) is 5.75 Å². The Morgan fingerprint density at radius 3 is 2.65 bits per heavy atom. The van der Waals surface area contributed by atoms with Gasteiger partial charge in [-0.25, -0.2) is 0 Å². The first kappa shape index (κ1) is 14.5. The van der Waals surface area contributed by atoms with E-state index in [2.05, 4.69) is 15.5 Å². The number of amides is 1. The molecule has 6 nitrogen and oxygen atoms in total. The van der Waals surface area contributed by atoms with E-state index in [0.29, 0.717) is 15.0 Å². The fourth-order valence-corrected chi connectivity index (χ4v) is 2.78. The maximum Gasteiger partial charge on any atom is 0.313 e. The summed E-state index contributed by atoms with van der Waals surface area (Å²) in [6.07, 6.45) is 0. The molecule has 104 valence electrons. The predicted octanol–water partition coefficient (Wildman–Crippen LogP) is 2.28. The molecule has 2 rings (SSSR count). The molecule has 1 aromatic heterocycles. The lowest BCUT2D eigenvalue weighted by atomic mass is 10.1. The summed E-state index contributed by atoms with van der Waals surface area (Å²) in [5, 5.41) is 19.1. The number of benzene rings is 1. The molecule has 1 heterocycles. The van der Waals surface area contributed by atoms with Gasteiger partial charge in [0.1, 0.15) is 0 Å². The third-order valence-corrected chi connectivity index (χ3v) is 4.22. The third kappa shape index (κ3) is 4.04. The summed E-state index contributed by atoms with van der Waals surface area (Å²) in [4.78, 5) is 22.4. The second kappa shape index (κ2) is 6.49. The van der Waals surface area contributed by atoms with E-state index in [4.69, 9.17) is 5.11 Å². The number of nitrogens with zero attached hydrogens (tertiary/aromatic N) is 2. The van der Waals surface area contributed by atoms with Crippen molar-refractivity contribution in [2.75, 3.05) is 11.1 Å². The number of aliphatic carboxylic acids is 1. The molecule has 20 heavy (non-hydrogen) atoms. The molecular weight excluding hydrogens is 298 g/mol. The summed E-state index contributed by atoms with van der Waals surface area (Å²) in [7, 11) is 0. The van der Waals surface area contributed by atoms with Gasteiger partial charge in [0, 0.05) is 5.56 Å². The Morgan fingerprint density at radius 1 is 1.30 bits per heavy atom. The first-order valence-electron chi connectivity index (χ1n) is 5.61. The second-order valence-corrected chi connectivity index (χ2v) is 6.08. The van der Waals surface area contributed by atoms with Crippen molar-refractivity contribution in [3.05, 3.63) is 35.4 Å². The fourth-order valence-electron chi connectivity index (χ4n) is 1.32. The Labute approximate surface area is 123 Å². The van der Waals surface area contributed by atoms with Crippen LogP contribution >= 0.6 is 23.1 Å². The zero-order chi connectivity index (χ0) is 14.5. The maximum atomic E-state index is 11.9. The van der Waals surface area contributed by atoms with Crippen LogP contribution in [0.1, 0.15) is 15.9 Å². The molecule has 0 fully saturated rings. The van der Waals surface area contributed by atoms with Crippen LogP contribution in [0.4, 0.5) is 5.13 Å². The number of carbonyl (C=O) groups excluding carboxylic acids is 1. The molecule has 0 radical (unpaired) electrons. The van der Waals surface area contributed by atoms with E-state index in [0.717, 1.165) is 28.7 Å². The van der Waals surface area contributed by atoms with Crippen molar-refractivity contribution in [2.24, 2.45) is 0 Å². The molecule has 0 saturated carbocycles. The van der Waals surface area contributed by atoms with Gasteiger partial charge in [-0.1, -0.05) is 40.8 Å². The average molecular weight is 309 g/mol. The largest absolute Gasteiger partial charge is 0.481 e. The van der Waals surface area contributed by atoms with Gasteiger partial charge >= 0.3 is 5.97 Å².